The van der Waals surface area contributed by atoms with E-state index in [1.807, 2.05) is 30.3 Å². The number of hydrogen-bond donors (Lipinski definition) is 0. The van der Waals surface area contributed by atoms with E-state index in [4.69, 9.17) is 4.42 Å². The monoisotopic (exact) mass is 198 g/mol. The lowest BCUT2D eigenvalue weighted by Gasteiger charge is -1.92. The number of para-hydroxylation sites is 1. The first-order chi connectivity index (χ1) is 7.33. The van der Waals surface area contributed by atoms with Crippen LogP contribution in [0, 0.1) is 0 Å². The average molecular weight is 198 g/mol. The molecule has 3 rings (SSSR count). The zero-order valence-electron chi connectivity index (χ0n) is 8.19. The molecule has 0 atom stereocenters. The number of hydrogen-bond acceptors (Lipinski definition) is 2. The summed E-state index contributed by atoms with van der Waals surface area (Å²) in [4.78, 5) is 11.1. The van der Waals surface area contributed by atoms with Crippen LogP contribution in [0.1, 0.15) is 18.6 Å². The van der Waals surface area contributed by atoms with Crippen molar-refractivity contribution in [3.63, 3.8) is 0 Å². The van der Waals surface area contributed by atoms with Crippen molar-refractivity contribution in [1.82, 2.24) is 0 Å². The molecule has 0 aliphatic heterocycles. The van der Waals surface area contributed by atoms with E-state index in [1.54, 1.807) is 6.08 Å². The van der Waals surface area contributed by atoms with Gasteiger partial charge in [0.05, 0.1) is 0 Å². The number of ketones is 1. The van der Waals surface area contributed by atoms with Gasteiger partial charge in [0.25, 0.3) is 0 Å². The molecule has 0 spiro atoms. The summed E-state index contributed by atoms with van der Waals surface area (Å²) in [5.74, 6) is 1.03. The first kappa shape index (κ1) is 8.48. The number of furan rings is 1. The van der Waals surface area contributed by atoms with E-state index in [1.165, 1.54) is 0 Å². The van der Waals surface area contributed by atoms with E-state index in [0.717, 1.165) is 28.7 Å². The van der Waals surface area contributed by atoms with Crippen molar-refractivity contribution in [3.8, 4) is 0 Å². The minimum atomic E-state index is 0.199. The van der Waals surface area contributed by atoms with Crippen LogP contribution in [0.5, 0.6) is 0 Å². The number of rotatable bonds is 1. The van der Waals surface area contributed by atoms with E-state index >= 15 is 0 Å². The zero-order chi connectivity index (χ0) is 10.3. The molecule has 1 aromatic heterocycles. The molecule has 0 fully saturated rings. The highest BCUT2D eigenvalue weighted by molar-refractivity contribution is 6.01. The molecular formula is C13H10O2. The van der Waals surface area contributed by atoms with Crippen LogP contribution in [0.2, 0.25) is 0 Å². The van der Waals surface area contributed by atoms with E-state index in [0.29, 0.717) is 6.42 Å². The van der Waals surface area contributed by atoms with Crippen molar-refractivity contribution in [2.75, 3.05) is 0 Å². The van der Waals surface area contributed by atoms with Gasteiger partial charge in [0.15, 0.2) is 5.78 Å². The molecule has 0 amide bonds. The lowest BCUT2D eigenvalue weighted by Crippen LogP contribution is -1.80. The number of carbonyl (C=O) groups excluding carboxylic acids is 1. The third-order valence-electron chi connectivity index (χ3n) is 2.72. The van der Waals surface area contributed by atoms with E-state index in [-0.39, 0.29) is 5.78 Å². The van der Waals surface area contributed by atoms with Gasteiger partial charge in [0.2, 0.25) is 0 Å². The molecule has 0 saturated carbocycles. The highest BCUT2D eigenvalue weighted by Gasteiger charge is 2.16. The van der Waals surface area contributed by atoms with Gasteiger partial charge in [0, 0.05) is 11.8 Å². The molecule has 2 aromatic rings. The van der Waals surface area contributed by atoms with Crippen LogP contribution >= 0.6 is 0 Å². The van der Waals surface area contributed by atoms with Crippen molar-refractivity contribution in [2.45, 2.75) is 12.8 Å². The summed E-state index contributed by atoms with van der Waals surface area (Å²) in [6, 6.07) is 9.88. The minimum Gasteiger partial charge on any atom is -0.456 e. The maximum Gasteiger partial charge on any atom is 0.156 e. The normalized spacial score (nSPS) is 16.0. The Hall–Kier alpha value is -1.83. The largest absolute Gasteiger partial charge is 0.456 e. The Morgan fingerprint density at radius 1 is 1.13 bits per heavy atom. The molecular weight excluding hydrogens is 188 g/mol. The molecule has 74 valence electrons. The van der Waals surface area contributed by atoms with Crippen molar-refractivity contribution >= 4 is 22.3 Å². The minimum absolute atomic E-state index is 0.199. The lowest BCUT2D eigenvalue weighted by molar-refractivity contribution is -0.114. The molecule has 0 radical (unpaired) electrons. The van der Waals surface area contributed by atoms with Crippen molar-refractivity contribution in [3.05, 3.63) is 42.2 Å². The first-order valence-electron chi connectivity index (χ1n) is 5.05. The summed E-state index contributed by atoms with van der Waals surface area (Å²) in [7, 11) is 0. The molecule has 2 nitrogen and oxygen atoms in total. The molecule has 0 bridgehead atoms. The Kier molecular flexibility index (Phi) is 1.75. The van der Waals surface area contributed by atoms with Crippen LogP contribution in [-0.4, -0.2) is 5.78 Å². The van der Waals surface area contributed by atoms with Gasteiger partial charge in [-0.3, -0.25) is 4.79 Å². The zero-order valence-corrected chi connectivity index (χ0v) is 8.19. The number of carbonyl (C=O) groups is 1. The fraction of sp³-hybridized carbons (Fsp3) is 0.154. The van der Waals surface area contributed by atoms with Crippen molar-refractivity contribution in [2.24, 2.45) is 0 Å². The van der Waals surface area contributed by atoms with Crippen LogP contribution < -0.4 is 0 Å². The van der Waals surface area contributed by atoms with Gasteiger partial charge in [-0.25, -0.2) is 0 Å². The predicted octanol–water partition coefficient (Wildman–Crippen LogP) is 3.18. The second-order valence-electron chi connectivity index (χ2n) is 3.78. The molecule has 0 N–H and O–H groups in total. The molecule has 2 heteroatoms. The number of allylic oxidation sites excluding steroid dienone is 2. The summed E-state index contributed by atoms with van der Waals surface area (Å²) in [5, 5.41) is 1.09. The summed E-state index contributed by atoms with van der Waals surface area (Å²) in [5.41, 5.74) is 1.91. The number of fused-ring (bicyclic) bond motifs is 1. The third kappa shape index (κ3) is 1.38. The Morgan fingerprint density at radius 2 is 2.00 bits per heavy atom. The Labute approximate surface area is 87.2 Å². The fourth-order valence-electron chi connectivity index (χ4n) is 1.93. The second-order valence-corrected chi connectivity index (χ2v) is 3.78. The maximum absolute atomic E-state index is 11.1. The maximum atomic E-state index is 11.1. The van der Waals surface area contributed by atoms with E-state index in [9.17, 15) is 4.79 Å². The molecule has 0 saturated heterocycles. The Balaban J connectivity index is 2.12. The van der Waals surface area contributed by atoms with Crippen LogP contribution in [0.4, 0.5) is 0 Å². The lowest BCUT2D eigenvalue weighted by atomic mass is 10.1. The van der Waals surface area contributed by atoms with Crippen molar-refractivity contribution in [1.29, 1.82) is 0 Å². The Morgan fingerprint density at radius 3 is 2.73 bits per heavy atom. The third-order valence-corrected chi connectivity index (χ3v) is 2.72. The highest BCUT2D eigenvalue weighted by atomic mass is 16.3. The predicted molar refractivity (Wildman–Crippen MR) is 58.4 cm³/mol. The topological polar surface area (TPSA) is 30.2 Å². The number of benzene rings is 1. The fourth-order valence-corrected chi connectivity index (χ4v) is 1.93. The van der Waals surface area contributed by atoms with Crippen LogP contribution in [-0.2, 0) is 4.79 Å². The Bertz CT molecular complexity index is 528. The van der Waals surface area contributed by atoms with Gasteiger partial charge < -0.3 is 4.42 Å². The molecule has 1 heterocycles. The highest BCUT2D eigenvalue weighted by Crippen LogP contribution is 2.30. The van der Waals surface area contributed by atoms with Gasteiger partial charge in [-0.15, -0.1) is 0 Å². The molecule has 15 heavy (non-hydrogen) atoms. The van der Waals surface area contributed by atoms with Crippen LogP contribution in [0.3, 0.4) is 0 Å². The smallest absolute Gasteiger partial charge is 0.156 e. The quantitative estimate of drug-likeness (QED) is 0.704. The van der Waals surface area contributed by atoms with Gasteiger partial charge in [-0.1, -0.05) is 18.2 Å². The SMILES string of the molecule is O=C1C=C(c2cc3ccccc3o2)CC1. The van der Waals surface area contributed by atoms with Crippen molar-refractivity contribution < 1.29 is 9.21 Å². The molecule has 1 aromatic carbocycles. The second kappa shape index (κ2) is 3.09. The summed E-state index contributed by atoms with van der Waals surface area (Å²) in [6.45, 7) is 0. The summed E-state index contributed by atoms with van der Waals surface area (Å²) >= 11 is 0. The van der Waals surface area contributed by atoms with Gasteiger partial charge in [-0.05, 0) is 30.2 Å². The summed E-state index contributed by atoms with van der Waals surface area (Å²) in [6.07, 6.45) is 3.11. The molecule has 0 unspecified atom stereocenters. The average Bonchev–Trinajstić information content (AvgIpc) is 2.82. The standard InChI is InChI=1S/C13H10O2/c14-11-6-5-10(7-11)13-8-9-3-1-2-4-12(9)15-13/h1-4,7-8H,5-6H2. The van der Waals surface area contributed by atoms with Gasteiger partial charge in [0.1, 0.15) is 11.3 Å². The van der Waals surface area contributed by atoms with Gasteiger partial charge in [-0.2, -0.15) is 0 Å². The van der Waals surface area contributed by atoms with Gasteiger partial charge >= 0.3 is 0 Å². The van der Waals surface area contributed by atoms with E-state index in [2.05, 4.69) is 0 Å². The summed E-state index contributed by atoms with van der Waals surface area (Å²) < 4.78 is 5.68. The van der Waals surface area contributed by atoms with Crippen LogP contribution in [0.15, 0.2) is 40.8 Å². The van der Waals surface area contributed by atoms with E-state index < -0.39 is 0 Å². The first-order valence-corrected chi connectivity index (χ1v) is 5.05. The van der Waals surface area contributed by atoms with Crippen LogP contribution in [0.25, 0.3) is 16.5 Å². The molecule has 1 aliphatic carbocycles. The molecule has 1 aliphatic rings.